The molecule has 6 nitrogen and oxygen atoms in total. The zero-order valence-corrected chi connectivity index (χ0v) is 13.1. The van der Waals surface area contributed by atoms with Crippen LogP contribution < -0.4 is 10.6 Å². The molecular weight excluding hydrogens is 280 g/mol. The van der Waals surface area contributed by atoms with Crippen LogP contribution in [0.15, 0.2) is 0 Å². The van der Waals surface area contributed by atoms with Gasteiger partial charge in [0.05, 0.1) is 24.6 Å². The lowest BCUT2D eigenvalue weighted by Gasteiger charge is -2.25. The average Bonchev–Trinajstić information content (AvgIpc) is 2.41. The van der Waals surface area contributed by atoms with Crippen molar-refractivity contribution in [1.29, 1.82) is 0 Å². The molecule has 0 unspecified atom stereocenters. The number of hydrogen-bond acceptors (Lipinski definition) is 6. The Hall–Kier alpha value is -1.11. The van der Waals surface area contributed by atoms with E-state index < -0.39 is 0 Å². The summed E-state index contributed by atoms with van der Waals surface area (Å²) < 4.78 is 10.8. The van der Waals surface area contributed by atoms with E-state index in [0.29, 0.717) is 56.7 Å². The van der Waals surface area contributed by atoms with Gasteiger partial charge in [-0.3, -0.25) is 0 Å². The van der Waals surface area contributed by atoms with E-state index in [1.54, 1.807) is 0 Å². The molecule has 1 heterocycles. The molecule has 0 saturated heterocycles. The zero-order valence-electron chi connectivity index (χ0n) is 12.4. The van der Waals surface area contributed by atoms with E-state index in [4.69, 9.17) is 26.8 Å². The monoisotopic (exact) mass is 302 g/mol. The zero-order chi connectivity index (χ0) is 15.0. The smallest absolute Gasteiger partial charge is 0.224 e. The van der Waals surface area contributed by atoms with Crippen molar-refractivity contribution >= 4 is 23.1 Å². The molecule has 20 heavy (non-hydrogen) atoms. The lowest BCUT2D eigenvalue weighted by molar-refractivity contribution is 0.141. The highest BCUT2D eigenvalue weighted by Crippen LogP contribution is 2.24. The second-order valence-corrected chi connectivity index (χ2v) is 4.53. The van der Waals surface area contributed by atoms with Gasteiger partial charge in [0.15, 0.2) is 5.82 Å². The van der Waals surface area contributed by atoms with Crippen molar-refractivity contribution in [3.63, 3.8) is 0 Å². The highest BCUT2D eigenvalue weighted by atomic mass is 35.5. The molecule has 0 radical (unpaired) electrons. The SMILES string of the molecule is CCOCCN(CCOCC)c1nc(Cl)nc(C)c1N. The summed E-state index contributed by atoms with van der Waals surface area (Å²) in [6.45, 7) is 9.66. The minimum absolute atomic E-state index is 0.199. The molecule has 0 amide bonds. The molecule has 0 aliphatic carbocycles. The number of ether oxygens (including phenoxy) is 2. The largest absolute Gasteiger partial charge is 0.394 e. The quantitative estimate of drug-likeness (QED) is 0.555. The average molecular weight is 303 g/mol. The maximum Gasteiger partial charge on any atom is 0.224 e. The molecule has 1 aromatic rings. The molecule has 7 heteroatoms. The lowest BCUT2D eigenvalue weighted by Crippen LogP contribution is -2.33. The van der Waals surface area contributed by atoms with Crippen LogP contribution in [0.5, 0.6) is 0 Å². The number of nitrogen functional groups attached to an aromatic ring is 1. The van der Waals surface area contributed by atoms with Crippen molar-refractivity contribution in [3.05, 3.63) is 11.0 Å². The Labute approximate surface area is 125 Å². The Kier molecular flexibility index (Phi) is 7.58. The molecule has 0 bridgehead atoms. The molecular formula is C13H23ClN4O2. The first kappa shape index (κ1) is 16.9. The van der Waals surface area contributed by atoms with E-state index in [1.807, 2.05) is 25.7 Å². The number of anilines is 2. The summed E-state index contributed by atoms with van der Waals surface area (Å²) in [7, 11) is 0. The molecule has 2 N–H and O–H groups in total. The molecule has 1 rings (SSSR count). The van der Waals surface area contributed by atoms with Gasteiger partial charge in [0.2, 0.25) is 5.28 Å². The molecule has 0 aliphatic heterocycles. The fraction of sp³-hybridized carbons (Fsp3) is 0.692. The van der Waals surface area contributed by atoms with Crippen LogP contribution in [0, 0.1) is 6.92 Å². The number of halogens is 1. The fourth-order valence-electron chi connectivity index (χ4n) is 1.74. The Morgan fingerprint density at radius 2 is 1.65 bits per heavy atom. The first-order valence-corrected chi connectivity index (χ1v) is 7.18. The molecule has 114 valence electrons. The second-order valence-electron chi connectivity index (χ2n) is 4.20. The highest BCUT2D eigenvalue weighted by Gasteiger charge is 2.15. The maximum absolute atomic E-state index is 6.05. The van der Waals surface area contributed by atoms with Crippen molar-refractivity contribution < 1.29 is 9.47 Å². The summed E-state index contributed by atoms with van der Waals surface area (Å²) in [4.78, 5) is 10.3. The van der Waals surface area contributed by atoms with E-state index in [9.17, 15) is 0 Å². The Balaban J connectivity index is 2.84. The van der Waals surface area contributed by atoms with Gasteiger partial charge in [-0.05, 0) is 32.4 Å². The predicted octanol–water partition coefficient (Wildman–Crippen LogP) is 1.90. The van der Waals surface area contributed by atoms with E-state index in [2.05, 4.69) is 9.97 Å². The maximum atomic E-state index is 6.05. The fourth-order valence-corrected chi connectivity index (χ4v) is 1.94. The summed E-state index contributed by atoms with van der Waals surface area (Å²) >= 11 is 5.92. The van der Waals surface area contributed by atoms with E-state index in [-0.39, 0.29) is 5.28 Å². The van der Waals surface area contributed by atoms with Crippen molar-refractivity contribution in [2.75, 3.05) is 50.2 Å². The summed E-state index contributed by atoms with van der Waals surface area (Å²) in [6, 6.07) is 0. The number of hydrogen-bond donors (Lipinski definition) is 1. The summed E-state index contributed by atoms with van der Waals surface area (Å²) in [6.07, 6.45) is 0. The molecule has 0 aromatic carbocycles. The van der Waals surface area contributed by atoms with Crippen LogP contribution in [0.2, 0.25) is 5.28 Å². The molecule has 0 fully saturated rings. The van der Waals surface area contributed by atoms with Crippen LogP contribution in [-0.2, 0) is 9.47 Å². The topological polar surface area (TPSA) is 73.5 Å². The van der Waals surface area contributed by atoms with Crippen molar-refractivity contribution in [2.24, 2.45) is 0 Å². The molecule has 0 atom stereocenters. The molecule has 0 spiro atoms. The van der Waals surface area contributed by atoms with Crippen molar-refractivity contribution in [1.82, 2.24) is 9.97 Å². The Morgan fingerprint density at radius 3 is 2.15 bits per heavy atom. The van der Waals surface area contributed by atoms with E-state index in [1.165, 1.54) is 0 Å². The third kappa shape index (κ3) is 5.11. The first-order valence-electron chi connectivity index (χ1n) is 6.80. The number of rotatable bonds is 9. The minimum Gasteiger partial charge on any atom is -0.394 e. The number of nitrogens with zero attached hydrogens (tertiary/aromatic N) is 3. The number of aromatic nitrogens is 2. The van der Waals surface area contributed by atoms with Gasteiger partial charge in [-0.1, -0.05) is 0 Å². The van der Waals surface area contributed by atoms with Crippen LogP contribution in [-0.4, -0.2) is 49.5 Å². The van der Waals surface area contributed by atoms with Gasteiger partial charge in [-0.15, -0.1) is 0 Å². The molecule has 1 aromatic heterocycles. The lowest BCUT2D eigenvalue weighted by atomic mass is 10.3. The van der Waals surface area contributed by atoms with Gasteiger partial charge in [-0.25, -0.2) is 4.98 Å². The standard InChI is InChI=1S/C13H23ClN4O2/c1-4-19-8-6-18(7-9-20-5-2)12-11(15)10(3)16-13(14)17-12/h4-9,15H2,1-3H3. The normalized spacial score (nSPS) is 10.8. The van der Waals surface area contributed by atoms with Crippen molar-refractivity contribution in [3.8, 4) is 0 Å². The van der Waals surface area contributed by atoms with Gasteiger partial charge in [0.25, 0.3) is 0 Å². The van der Waals surface area contributed by atoms with Gasteiger partial charge in [0.1, 0.15) is 0 Å². The summed E-state index contributed by atoms with van der Waals surface area (Å²) in [5, 5.41) is 0.199. The summed E-state index contributed by atoms with van der Waals surface area (Å²) in [5.74, 6) is 0.641. The highest BCUT2D eigenvalue weighted by molar-refractivity contribution is 6.28. The van der Waals surface area contributed by atoms with Crippen molar-refractivity contribution in [2.45, 2.75) is 20.8 Å². The van der Waals surface area contributed by atoms with E-state index in [0.717, 1.165) is 0 Å². The third-order valence-corrected chi connectivity index (χ3v) is 2.98. The predicted molar refractivity (Wildman–Crippen MR) is 81.4 cm³/mol. The molecule has 0 aliphatic rings. The third-order valence-electron chi connectivity index (χ3n) is 2.81. The Bertz CT molecular complexity index is 408. The van der Waals surface area contributed by atoms with Crippen LogP contribution in [0.1, 0.15) is 19.5 Å². The van der Waals surface area contributed by atoms with Crippen LogP contribution in [0.25, 0.3) is 0 Å². The van der Waals surface area contributed by atoms with E-state index >= 15 is 0 Å². The van der Waals surface area contributed by atoms with Gasteiger partial charge < -0.3 is 20.1 Å². The first-order chi connectivity index (χ1) is 9.60. The van der Waals surface area contributed by atoms with Gasteiger partial charge in [-0.2, -0.15) is 4.98 Å². The van der Waals surface area contributed by atoms with Crippen LogP contribution in [0.3, 0.4) is 0 Å². The Morgan fingerprint density at radius 1 is 1.10 bits per heavy atom. The van der Waals surface area contributed by atoms with Gasteiger partial charge >= 0.3 is 0 Å². The second kappa shape index (κ2) is 8.94. The number of aryl methyl sites for hydroxylation is 1. The van der Waals surface area contributed by atoms with Crippen LogP contribution in [0.4, 0.5) is 11.5 Å². The minimum atomic E-state index is 0.199. The number of nitrogens with two attached hydrogens (primary N) is 1. The summed E-state index contributed by atoms with van der Waals surface area (Å²) in [5.41, 5.74) is 7.28. The van der Waals surface area contributed by atoms with Crippen LogP contribution >= 0.6 is 11.6 Å². The molecule has 0 saturated carbocycles. The van der Waals surface area contributed by atoms with Gasteiger partial charge in [0, 0.05) is 26.3 Å².